The Morgan fingerprint density at radius 1 is 1.32 bits per heavy atom. The van der Waals surface area contributed by atoms with E-state index in [-0.39, 0.29) is 5.56 Å². The number of nitrogens with one attached hydrogen (secondary N) is 2. The van der Waals surface area contributed by atoms with Crippen molar-refractivity contribution in [1.29, 1.82) is 0 Å². The van der Waals surface area contributed by atoms with Crippen LogP contribution in [0.2, 0.25) is 0 Å². The fourth-order valence-corrected chi connectivity index (χ4v) is 3.93. The smallest absolute Gasteiger partial charge is 0.336 e. The molecule has 28 heavy (non-hydrogen) atoms. The summed E-state index contributed by atoms with van der Waals surface area (Å²) in [5.74, 6) is -0.00272. The van der Waals surface area contributed by atoms with Gasteiger partial charge in [-0.05, 0) is 30.5 Å². The van der Waals surface area contributed by atoms with E-state index in [1.165, 1.54) is 31.0 Å². The molecule has 1 aromatic heterocycles. The molecule has 148 valence electrons. The molecular formula is C20H22FN3O3S. The van der Waals surface area contributed by atoms with Crippen molar-refractivity contribution in [3.8, 4) is 0 Å². The molecule has 0 fully saturated rings. The van der Waals surface area contributed by atoms with E-state index in [2.05, 4.69) is 29.1 Å². The largest absolute Gasteiger partial charge is 0.466 e. The second kappa shape index (κ2) is 8.18. The Balaban J connectivity index is 2.16. The van der Waals surface area contributed by atoms with E-state index < -0.39 is 17.7 Å². The van der Waals surface area contributed by atoms with Gasteiger partial charge in [0.2, 0.25) is 0 Å². The lowest BCUT2D eigenvalue weighted by atomic mass is 9.82. The predicted molar refractivity (Wildman–Crippen MR) is 107 cm³/mol. The van der Waals surface area contributed by atoms with Gasteiger partial charge in [-0.25, -0.2) is 14.2 Å². The second-order valence-electron chi connectivity index (χ2n) is 6.98. The van der Waals surface area contributed by atoms with Crippen LogP contribution in [0.1, 0.15) is 37.8 Å². The van der Waals surface area contributed by atoms with Gasteiger partial charge in [-0.2, -0.15) is 0 Å². The number of hydrogen-bond acceptors (Lipinski definition) is 6. The average molecular weight is 403 g/mol. The first kappa shape index (κ1) is 20.1. The van der Waals surface area contributed by atoms with Crippen molar-refractivity contribution in [2.24, 2.45) is 5.92 Å². The number of H-pyrrole nitrogens is 1. The molecule has 0 radical (unpaired) electrons. The van der Waals surface area contributed by atoms with E-state index in [1.54, 1.807) is 19.1 Å². The molecule has 0 unspecified atom stereocenters. The number of carbonyl (C=O) groups is 1. The molecule has 1 aromatic carbocycles. The summed E-state index contributed by atoms with van der Waals surface area (Å²) < 4.78 is 18.4. The van der Waals surface area contributed by atoms with Gasteiger partial charge in [0.05, 0.1) is 24.2 Å². The maximum absolute atomic E-state index is 13.4. The van der Waals surface area contributed by atoms with Gasteiger partial charge in [-0.1, -0.05) is 37.7 Å². The number of fused-ring (bicyclic) bond motifs is 1. The predicted octanol–water partition coefficient (Wildman–Crippen LogP) is 3.66. The molecule has 1 aliphatic heterocycles. The van der Waals surface area contributed by atoms with E-state index in [0.717, 1.165) is 5.75 Å². The van der Waals surface area contributed by atoms with Crippen molar-refractivity contribution in [2.45, 2.75) is 31.8 Å². The van der Waals surface area contributed by atoms with Crippen LogP contribution in [0, 0.1) is 11.7 Å². The lowest BCUT2D eigenvalue weighted by Gasteiger charge is -2.28. The Labute approximate surface area is 166 Å². The number of anilines is 1. The number of esters is 1. The van der Waals surface area contributed by atoms with E-state index >= 15 is 0 Å². The SMILES string of the molecule is COC(=O)C1=C(C)Nc2nc(SCC(C)C)[nH]c(=O)c2[C@H]1c1ccc(F)cc1. The van der Waals surface area contributed by atoms with Crippen LogP contribution in [-0.2, 0) is 9.53 Å². The average Bonchev–Trinajstić information content (AvgIpc) is 2.65. The van der Waals surface area contributed by atoms with Crippen LogP contribution in [0.3, 0.4) is 0 Å². The molecule has 0 saturated carbocycles. The minimum atomic E-state index is -0.704. The lowest BCUT2D eigenvalue weighted by molar-refractivity contribution is -0.136. The number of halogens is 1. The van der Waals surface area contributed by atoms with Gasteiger partial charge in [0.1, 0.15) is 11.6 Å². The van der Waals surface area contributed by atoms with E-state index in [0.29, 0.717) is 39.3 Å². The maximum atomic E-state index is 13.4. The molecule has 1 atom stereocenters. The number of aromatic nitrogens is 2. The summed E-state index contributed by atoms with van der Waals surface area (Å²) in [6.07, 6.45) is 0. The van der Waals surface area contributed by atoms with Crippen molar-refractivity contribution < 1.29 is 13.9 Å². The van der Waals surface area contributed by atoms with E-state index in [9.17, 15) is 14.0 Å². The zero-order valence-electron chi connectivity index (χ0n) is 16.1. The van der Waals surface area contributed by atoms with Gasteiger partial charge >= 0.3 is 5.97 Å². The minimum absolute atomic E-state index is 0.302. The summed E-state index contributed by atoms with van der Waals surface area (Å²) in [4.78, 5) is 32.8. The Bertz CT molecular complexity index is 983. The van der Waals surface area contributed by atoms with Crippen molar-refractivity contribution >= 4 is 23.5 Å². The third-order valence-electron chi connectivity index (χ3n) is 4.38. The highest BCUT2D eigenvalue weighted by atomic mass is 32.2. The van der Waals surface area contributed by atoms with Gasteiger partial charge < -0.3 is 15.0 Å². The summed E-state index contributed by atoms with van der Waals surface area (Å²) in [7, 11) is 1.29. The Hall–Kier alpha value is -2.61. The number of carbonyl (C=O) groups excluding carboxylic acids is 1. The highest BCUT2D eigenvalue weighted by molar-refractivity contribution is 7.99. The molecule has 3 rings (SSSR count). The monoisotopic (exact) mass is 403 g/mol. The zero-order chi connectivity index (χ0) is 20.4. The molecule has 0 amide bonds. The van der Waals surface area contributed by atoms with Gasteiger partial charge in [-0.15, -0.1) is 0 Å². The number of ether oxygens (including phenoxy) is 1. The van der Waals surface area contributed by atoms with Crippen molar-refractivity contribution in [1.82, 2.24) is 9.97 Å². The highest BCUT2D eigenvalue weighted by Crippen LogP contribution is 2.40. The number of rotatable bonds is 5. The van der Waals surface area contributed by atoms with Crippen molar-refractivity contribution in [3.05, 3.63) is 62.8 Å². The van der Waals surface area contributed by atoms with Crippen molar-refractivity contribution in [2.75, 3.05) is 18.2 Å². The molecule has 2 heterocycles. The fraction of sp³-hybridized carbons (Fsp3) is 0.350. The van der Waals surface area contributed by atoms with Gasteiger partial charge in [0, 0.05) is 11.4 Å². The standard InChI is InChI=1S/C20H22FN3O3S/c1-10(2)9-28-20-23-17-16(18(25)24-20)15(12-5-7-13(21)8-6-12)14(11(3)22-17)19(26)27-4/h5-8,10,15H,9H2,1-4H3,(H2,22,23,24,25)/t15-/m0/s1. The van der Waals surface area contributed by atoms with Crippen LogP contribution in [0.15, 0.2) is 45.5 Å². The summed E-state index contributed by atoms with van der Waals surface area (Å²) in [5.41, 5.74) is 1.43. The molecule has 6 nitrogen and oxygen atoms in total. The van der Waals surface area contributed by atoms with Crippen LogP contribution >= 0.6 is 11.8 Å². The van der Waals surface area contributed by atoms with Crippen molar-refractivity contribution in [3.63, 3.8) is 0 Å². The van der Waals surface area contributed by atoms with Crippen LogP contribution in [-0.4, -0.2) is 28.8 Å². The summed E-state index contributed by atoms with van der Waals surface area (Å²) in [5, 5.41) is 3.58. The second-order valence-corrected chi connectivity index (χ2v) is 7.99. The molecule has 0 aliphatic carbocycles. The topological polar surface area (TPSA) is 84.1 Å². The summed E-state index contributed by atoms with van der Waals surface area (Å²) in [6, 6.07) is 5.73. The first-order valence-corrected chi connectivity index (χ1v) is 9.89. The number of aromatic amines is 1. The number of hydrogen-bond donors (Lipinski definition) is 2. The zero-order valence-corrected chi connectivity index (χ0v) is 16.9. The third kappa shape index (κ3) is 3.96. The van der Waals surface area contributed by atoms with Gasteiger partial charge in [0.25, 0.3) is 5.56 Å². The molecule has 2 aromatic rings. The maximum Gasteiger partial charge on any atom is 0.336 e. The van der Waals surface area contributed by atoms with Crippen LogP contribution in [0.25, 0.3) is 0 Å². The Kier molecular flexibility index (Phi) is 5.88. The number of nitrogens with zero attached hydrogens (tertiary/aromatic N) is 1. The number of allylic oxidation sites excluding steroid dienone is 1. The molecule has 1 aliphatic rings. The first-order chi connectivity index (χ1) is 13.3. The fourth-order valence-electron chi connectivity index (χ4n) is 3.11. The van der Waals surface area contributed by atoms with Gasteiger partial charge in [-0.3, -0.25) is 4.79 Å². The first-order valence-electron chi connectivity index (χ1n) is 8.90. The Morgan fingerprint density at radius 2 is 2.00 bits per heavy atom. The minimum Gasteiger partial charge on any atom is -0.466 e. The highest BCUT2D eigenvalue weighted by Gasteiger charge is 2.36. The van der Waals surface area contributed by atoms with Crippen LogP contribution < -0.4 is 10.9 Å². The molecule has 0 spiro atoms. The molecule has 8 heteroatoms. The Morgan fingerprint density at radius 3 is 2.61 bits per heavy atom. The third-order valence-corrected chi connectivity index (χ3v) is 5.68. The summed E-state index contributed by atoms with van der Waals surface area (Å²) in [6.45, 7) is 5.90. The molecular weight excluding hydrogens is 381 g/mol. The lowest BCUT2D eigenvalue weighted by Crippen LogP contribution is -2.31. The number of thioether (sulfide) groups is 1. The quantitative estimate of drug-likeness (QED) is 0.450. The normalized spacial score (nSPS) is 16.0. The van der Waals surface area contributed by atoms with Gasteiger partial charge in [0.15, 0.2) is 5.16 Å². The number of benzene rings is 1. The van der Waals surface area contributed by atoms with E-state index in [1.807, 2.05) is 0 Å². The number of methoxy groups -OCH3 is 1. The summed E-state index contributed by atoms with van der Waals surface area (Å²) >= 11 is 1.46. The molecule has 0 bridgehead atoms. The molecule has 0 saturated heterocycles. The van der Waals surface area contributed by atoms with Crippen LogP contribution in [0.5, 0.6) is 0 Å². The van der Waals surface area contributed by atoms with E-state index in [4.69, 9.17) is 4.74 Å². The molecule has 2 N–H and O–H groups in total. The van der Waals surface area contributed by atoms with Crippen LogP contribution in [0.4, 0.5) is 10.2 Å².